The smallest absolute Gasteiger partial charge is 0.270 e. The molecular weight excluding hydrogens is 340 g/mol. The maximum absolute atomic E-state index is 12.2. The van der Waals surface area contributed by atoms with Gasteiger partial charge in [0.2, 0.25) is 0 Å². The van der Waals surface area contributed by atoms with Crippen LogP contribution in [0.1, 0.15) is 28.9 Å². The van der Waals surface area contributed by atoms with Gasteiger partial charge in [-0.15, -0.1) is 0 Å². The second-order valence-corrected chi connectivity index (χ2v) is 6.38. The summed E-state index contributed by atoms with van der Waals surface area (Å²) in [5.41, 5.74) is 1.42. The SMILES string of the molecule is O=C(NCCc1cccc(Cl)c1)c1cc(NCC2CCCO2)ncn1. The molecule has 25 heavy (non-hydrogen) atoms. The number of hydrogen-bond acceptors (Lipinski definition) is 5. The molecule has 1 fully saturated rings. The Labute approximate surface area is 152 Å². The number of halogens is 1. The molecule has 2 N–H and O–H groups in total. The third kappa shape index (κ3) is 5.41. The van der Waals surface area contributed by atoms with Gasteiger partial charge in [0, 0.05) is 30.8 Å². The Morgan fingerprint density at radius 1 is 1.32 bits per heavy atom. The molecule has 2 heterocycles. The molecule has 7 heteroatoms. The standard InChI is InChI=1S/C18H21ClN4O2/c19-14-4-1-3-13(9-14)6-7-20-18(24)16-10-17(23-12-22-16)21-11-15-5-2-8-25-15/h1,3-4,9-10,12,15H,2,5-8,11H2,(H,20,24)(H,21,22,23). The fourth-order valence-electron chi connectivity index (χ4n) is 2.71. The normalized spacial score (nSPS) is 16.6. The molecule has 1 unspecified atom stereocenters. The fraction of sp³-hybridized carbons (Fsp3) is 0.389. The number of nitrogens with one attached hydrogen (secondary N) is 2. The van der Waals surface area contributed by atoms with Gasteiger partial charge in [-0.3, -0.25) is 4.79 Å². The van der Waals surface area contributed by atoms with Crippen molar-refractivity contribution in [2.24, 2.45) is 0 Å². The predicted molar refractivity (Wildman–Crippen MR) is 97.0 cm³/mol. The second kappa shape index (κ2) is 8.78. The fourth-order valence-corrected chi connectivity index (χ4v) is 2.92. The Balaban J connectivity index is 1.48. The number of aromatic nitrogens is 2. The summed E-state index contributed by atoms with van der Waals surface area (Å²) in [6.07, 6.45) is 4.46. The van der Waals surface area contributed by atoms with Crippen molar-refractivity contribution in [2.45, 2.75) is 25.4 Å². The molecule has 2 aromatic rings. The van der Waals surface area contributed by atoms with Crippen LogP contribution in [0.4, 0.5) is 5.82 Å². The van der Waals surface area contributed by atoms with Crippen molar-refractivity contribution < 1.29 is 9.53 Å². The van der Waals surface area contributed by atoms with Crippen LogP contribution in [0.15, 0.2) is 36.7 Å². The average Bonchev–Trinajstić information content (AvgIpc) is 3.14. The molecule has 3 rings (SSSR count). The van der Waals surface area contributed by atoms with Crippen LogP contribution in [0.2, 0.25) is 5.02 Å². The van der Waals surface area contributed by atoms with Gasteiger partial charge in [-0.2, -0.15) is 0 Å². The first-order valence-corrected chi connectivity index (χ1v) is 8.78. The van der Waals surface area contributed by atoms with Crippen molar-refractivity contribution >= 4 is 23.3 Å². The van der Waals surface area contributed by atoms with Crippen LogP contribution in [-0.4, -0.2) is 41.7 Å². The van der Waals surface area contributed by atoms with Crippen molar-refractivity contribution in [1.82, 2.24) is 15.3 Å². The molecule has 1 amide bonds. The largest absolute Gasteiger partial charge is 0.376 e. The number of amides is 1. The quantitative estimate of drug-likeness (QED) is 0.794. The average molecular weight is 361 g/mol. The van der Waals surface area contributed by atoms with Crippen molar-refractivity contribution in [1.29, 1.82) is 0 Å². The van der Waals surface area contributed by atoms with Crippen LogP contribution < -0.4 is 10.6 Å². The number of benzene rings is 1. The van der Waals surface area contributed by atoms with Crippen LogP contribution in [0.3, 0.4) is 0 Å². The zero-order valence-corrected chi connectivity index (χ0v) is 14.6. The predicted octanol–water partition coefficient (Wildman–Crippen LogP) is 2.69. The summed E-state index contributed by atoms with van der Waals surface area (Å²) in [4.78, 5) is 20.4. The minimum atomic E-state index is -0.218. The van der Waals surface area contributed by atoms with E-state index in [1.165, 1.54) is 6.33 Å². The molecule has 0 spiro atoms. The van der Waals surface area contributed by atoms with E-state index in [-0.39, 0.29) is 12.0 Å². The zero-order valence-electron chi connectivity index (χ0n) is 13.9. The van der Waals surface area contributed by atoms with E-state index in [9.17, 15) is 4.79 Å². The van der Waals surface area contributed by atoms with Crippen molar-refractivity contribution in [3.63, 3.8) is 0 Å². The monoisotopic (exact) mass is 360 g/mol. The minimum Gasteiger partial charge on any atom is -0.376 e. The van der Waals surface area contributed by atoms with Crippen molar-refractivity contribution in [2.75, 3.05) is 25.0 Å². The maximum Gasteiger partial charge on any atom is 0.270 e. The molecule has 0 bridgehead atoms. The van der Waals surface area contributed by atoms with Gasteiger partial charge in [0.15, 0.2) is 0 Å². The van der Waals surface area contributed by atoms with E-state index in [1.54, 1.807) is 6.07 Å². The van der Waals surface area contributed by atoms with Gasteiger partial charge in [-0.1, -0.05) is 23.7 Å². The van der Waals surface area contributed by atoms with Crippen LogP contribution in [0, 0.1) is 0 Å². The number of carbonyl (C=O) groups excluding carboxylic acids is 1. The molecule has 0 radical (unpaired) electrons. The van der Waals surface area contributed by atoms with E-state index in [1.807, 2.05) is 24.3 Å². The summed E-state index contributed by atoms with van der Waals surface area (Å²) in [6.45, 7) is 2.02. The lowest BCUT2D eigenvalue weighted by Crippen LogP contribution is -2.27. The topological polar surface area (TPSA) is 76.1 Å². The van der Waals surface area contributed by atoms with Gasteiger partial charge in [-0.25, -0.2) is 9.97 Å². The van der Waals surface area contributed by atoms with Crippen LogP contribution in [-0.2, 0) is 11.2 Å². The van der Waals surface area contributed by atoms with E-state index >= 15 is 0 Å². The van der Waals surface area contributed by atoms with E-state index < -0.39 is 0 Å². The molecule has 1 saturated heterocycles. The Morgan fingerprint density at radius 2 is 2.24 bits per heavy atom. The molecule has 1 atom stereocenters. The Bertz CT molecular complexity index is 720. The van der Waals surface area contributed by atoms with Crippen molar-refractivity contribution in [3.8, 4) is 0 Å². The summed E-state index contributed by atoms with van der Waals surface area (Å²) in [7, 11) is 0. The highest BCUT2D eigenvalue weighted by Gasteiger charge is 2.15. The molecule has 0 saturated carbocycles. The zero-order chi connectivity index (χ0) is 17.5. The molecular formula is C18H21ClN4O2. The third-order valence-corrected chi connectivity index (χ3v) is 4.26. The summed E-state index contributed by atoms with van der Waals surface area (Å²) >= 11 is 5.96. The van der Waals surface area contributed by atoms with E-state index in [0.717, 1.165) is 25.0 Å². The lowest BCUT2D eigenvalue weighted by atomic mass is 10.1. The number of nitrogens with zero attached hydrogens (tertiary/aromatic N) is 2. The number of rotatable bonds is 7. The maximum atomic E-state index is 12.2. The van der Waals surface area contributed by atoms with Gasteiger partial charge in [0.1, 0.15) is 17.8 Å². The first kappa shape index (κ1) is 17.6. The first-order valence-electron chi connectivity index (χ1n) is 8.41. The van der Waals surface area contributed by atoms with Crippen LogP contribution in [0.25, 0.3) is 0 Å². The molecule has 1 aromatic carbocycles. The van der Waals surface area contributed by atoms with Gasteiger partial charge in [0.05, 0.1) is 6.10 Å². The lowest BCUT2D eigenvalue weighted by Gasteiger charge is -2.11. The highest BCUT2D eigenvalue weighted by Crippen LogP contribution is 2.13. The summed E-state index contributed by atoms with van der Waals surface area (Å²) in [5, 5.41) is 6.76. The van der Waals surface area contributed by atoms with E-state index in [2.05, 4.69) is 20.6 Å². The number of carbonyl (C=O) groups is 1. The molecule has 0 aliphatic carbocycles. The highest BCUT2D eigenvalue weighted by atomic mass is 35.5. The highest BCUT2D eigenvalue weighted by molar-refractivity contribution is 6.30. The number of anilines is 1. The number of ether oxygens (including phenoxy) is 1. The molecule has 1 aromatic heterocycles. The third-order valence-electron chi connectivity index (χ3n) is 4.02. The lowest BCUT2D eigenvalue weighted by molar-refractivity contribution is 0.0949. The van der Waals surface area contributed by atoms with E-state index in [4.69, 9.17) is 16.3 Å². The summed E-state index contributed by atoms with van der Waals surface area (Å²) < 4.78 is 5.56. The van der Waals surface area contributed by atoms with Crippen molar-refractivity contribution in [3.05, 3.63) is 52.9 Å². The summed E-state index contributed by atoms with van der Waals surface area (Å²) in [6, 6.07) is 9.26. The second-order valence-electron chi connectivity index (χ2n) is 5.94. The first-order chi connectivity index (χ1) is 12.2. The Hall–Kier alpha value is -2.18. The molecule has 132 valence electrons. The minimum absolute atomic E-state index is 0.213. The van der Waals surface area contributed by atoms with Gasteiger partial charge < -0.3 is 15.4 Å². The molecule has 6 nitrogen and oxygen atoms in total. The Morgan fingerprint density at radius 3 is 3.04 bits per heavy atom. The van der Waals surface area contributed by atoms with Crippen LogP contribution in [0.5, 0.6) is 0 Å². The number of hydrogen-bond donors (Lipinski definition) is 2. The van der Waals surface area contributed by atoms with E-state index in [0.29, 0.717) is 36.0 Å². The van der Waals surface area contributed by atoms with Crippen LogP contribution >= 0.6 is 11.6 Å². The van der Waals surface area contributed by atoms with Gasteiger partial charge in [0.25, 0.3) is 5.91 Å². The molecule has 1 aliphatic heterocycles. The van der Waals surface area contributed by atoms with Gasteiger partial charge in [-0.05, 0) is 37.0 Å². The van der Waals surface area contributed by atoms with Gasteiger partial charge >= 0.3 is 0 Å². The summed E-state index contributed by atoms with van der Waals surface area (Å²) in [5.74, 6) is 0.412. The Kier molecular flexibility index (Phi) is 6.19. The molecule has 1 aliphatic rings.